The molecule has 0 radical (unpaired) electrons. The van der Waals surface area contributed by atoms with Crippen molar-refractivity contribution in [2.75, 3.05) is 26.8 Å². The molecule has 4 atom stereocenters. The van der Waals surface area contributed by atoms with Gasteiger partial charge in [0, 0.05) is 68.9 Å². The summed E-state index contributed by atoms with van der Waals surface area (Å²) in [5.41, 5.74) is 5.00. The molecule has 4 heterocycles. The van der Waals surface area contributed by atoms with E-state index in [9.17, 15) is 14.4 Å². The Bertz CT molecular complexity index is 1570. The fourth-order valence-corrected chi connectivity index (χ4v) is 7.36. The van der Waals surface area contributed by atoms with Gasteiger partial charge in [0.2, 0.25) is 11.8 Å². The number of carbonyl (C=O) groups excluding carboxylic acids is 3. The molecule has 1 saturated carbocycles. The Labute approximate surface area is 251 Å². The Morgan fingerprint density at radius 3 is 2.77 bits per heavy atom. The van der Waals surface area contributed by atoms with Gasteiger partial charge >= 0.3 is 0 Å². The first-order valence-corrected chi connectivity index (χ1v) is 15.5. The summed E-state index contributed by atoms with van der Waals surface area (Å²) in [6.45, 7) is 3.84. The lowest BCUT2D eigenvalue weighted by Crippen LogP contribution is -2.52. The zero-order valence-corrected chi connectivity index (χ0v) is 24.6. The summed E-state index contributed by atoms with van der Waals surface area (Å²) in [7, 11) is 1.79. The predicted octanol–water partition coefficient (Wildman–Crippen LogP) is 4.18. The number of piperidine rings is 1. The number of amides is 3. The maximum absolute atomic E-state index is 13.0. The van der Waals surface area contributed by atoms with Crippen molar-refractivity contribution in [3.05, 3.63) is 70.9 Å². The van der Waals surface area contributed by atoms with Gasteiger partial charge in [-0.1, -0.05) is 12.1 Å². The molecule has 2 aromatic carbocycles. The number of hydrogen-bond donors (Lipinski definition) is 1. The van der Waals surface area contributed by atoms with Crippen LogP contribution in [0.1, 0.15) is 71.6 Å². The molecule has 3 fully saturated rings. The van der Waals surface area contributed by atoms with E-state index in [1.54, 1.807) is 18.1 Å². The van der Waals surface area contributed by atoms with E-state index < -0.39 is 11.9 Å². The van der Waals surface area contributed by atoms with Gasteiger partial charge in [-0.25, -0.2) is 0 Å². The van der Waals surface area contributed by atoms with Crippen LogP contribution in [0, 0.1) is 5.92 Å². The highest BCUT2D eigenvalue weighted by atomic mass is 16.5. The van der Waals surface area contributed by atoms with Crippen molar-refractivity contribution in [1.29, 1.82) is 0 Å². The summed E-state index contributed by atoms with van der Waals surface area (Å²) in [5, 5.41) is 3.53. The third-order valence-corrected chi connectivity index (χ3v) is 9.57. The van der Waals surface area contributed by atoms with Crippen molar-refractivity contribution >= 4 is 28.6 Å². The fourth-order valence-electron chi connectivity index (χ4n) is 7.36. The largest absolute Gasteiger partial charge is 0.489 e. The maximum Gasteiger partial charge on any atom is 0.255 e. The summed E-state index contributed by atoms with van der Waals surface area (Å²) in [6.07, 6.45) is 5.17. The van der Waals surface area contributed by atoms with Gasteiger partial charge in [-0.15, -0.1) is 0 Å². The van der Waals surface area contributed by atoms with E-state index in [0.29, 0.717) is 30.4 Å². The van der Waals surface area contributed by atoms with Gasteiger partial charge in [0.15, 0.2) is 0 Å². The maximum atomic E-state index is 13.0. The van der Waals surface area contributed by atoms with Gasteiger partial charge in [0.1, 0.15) is 17.9 Å². The van der Waals surface area contributed by atoms with Crippen LogP contribution in [0.5, 0.6) is 5.75 Å². The smallest absolute Gasteiger partial charge is 0.255 e. The number of rotatable bonds is 8. The molecule has 9 heteroatoms. The molecule has 1 N–H and O–H groups in total. The third-order valence-electron chi connectivity index (χ3n) is 9.57. The molecule has 4 aliphatic rings. The third kappa shape index (κ3) is 5.76. The van der Waals surface area contributed by atoms with E-state index >= 15 is 0 Å². The van der Waals surface area contributed by atoms with Gasteiger partial charge in [0.25, 0.3) is 5.91 Å². The quantitative estimate of drug-likeness (QED) is 0.398. The number of pyridine rings is 1. The first-order valence-electron chi connectivity index (χ1n) is 15.5. The standard InChI is InChI=1S/C34H38N4O5/c1-42-20-22-2-4-23(15-22)30-9-5-24-14-21(3-8-29(24)35-30)17-37-13-12-27(19-37)43-26-6-7-28-25(16-26)18-38(34(28)41)31-10-11-32(39)36-33(31)40/h3,5-9,14,16,22-23,27,31H,2,4,10-13,15,17-20H2,1H3,(H,36,39,40)/t22-,23+,27?,31?/m1/s1. The number of imide groups is 1. The number of ether oxygens (including phenoxy) is 2. The molecule has 43 heavy (non-hydrogen) atoms. The van der Waals surface area contributed by atoms with Crippen LogP contribution < -0.4 is 10.1 Å². The average Bonchev–Trinajstić information content (AvgIpc) is 3.73. The molecule has 3 aromatic rings. The lowest BCUT2D eigenvalue weighted by atomic mass is 10.00. The Balaban J connectivity index is 0.946. The summed E-state index contributed by atoms with van der Waals surface area (Å²) in [5.74, 6) is 1.07. The lowest BCUT2D eigenvalue weighted by Gasteiger charge is -2.29. The zero-order valence-electron chi connectivity index (χ0n) is 24.6. The molecule has 1 aliphatic carbocycles. The number of nitrogens with one attached hydrogen (secondary N) is 1. The van der Waals surface area contributed by atoms with E-state index in [1.165, 1.54) is 29.5 Å². The van der Waals surface area contributed by atoms with Crippen molar-refractivity contribution in [2.45, 2.75) is 69.7 Å². The second-order valence-corrected chi connectivity index (χ2v) is 12.6. The molecule has 3 aliphatic heterocycles. The number of carbonyl (C=O) groups is 3. The van der Waals surface area contributed by atoms with E-state index in [4.69, 9.17) is 14.5 Å². The topological polar surface area (TPSA) is 101 Å². The SMILES string of the molecule is COC[C@@H]1CC[C@H](c2ccc3cc(CN4CCC(Oc5ccc6c(c5)CN(C5CCC(=O)NC5=O)C6=O)C4)ccc3n2)C1. The van der Waals surface area contributed by atoms with Crippen LogP contribution >= 0.6 is 0 Å². The van der Waals surface area contributed by atoms with Crippen molar-refractivity contribution in [2.24, 2.45) is 5.92 Å². The number of likely N-dealkylation sites (tertiary alicyclic amines) is 1. The minimum atomic E-state index is -0.612. The summed E-state index contributed by atoms with van der Waals surface area (Å²) in [6, 6.07) is 16.0. The highest BCUT2D eigenvalue weighted by molar-refractivity contribution is 6.05. The Morgan fingerprint density at radius 1 is 1.00 bits per heavy atom. The molecular formula is C34H38N4O5. The van der Waals surface area contributed by atoms with Crippen LogP contribution in [-0.2, 0) is 27.4 Å². The summed E-state index contributed by atoms with van der Waals surface area (Å²) >= 11 is 0. The Hall–Kier alpha value is -3.82. The van der Waals surface area contributed by atoms with E-state index in [1.807, 2.05) is 12.1 Å². The normalized spacial score (nSPS) is 25.9. The summed E-state index contributed by atoms with van der Waals surface area (Å²) < 4.78 is 11.7. The van der Waals surface area contributed by atoms with Crippen molar-refractivity contribution in [1.82, 2.24) is 20.1 Å². The minimum Gasteiger partial charge on any atom is -0.489 e. The number of benzene rings is 2. The van der Waals surface area contributed by atoms with Crippen LogP contribution in [0.15, 0.2) is 48.5 Å². The number of hydrogen-bond acceptors (Lipinski definition) is 7. The van der Waals surface area contributed by atoms with Crippen molar-refractivity contribution < 1.29 is 23.9 Å². The first-order chi connectivity index (χ1) is 20.9. The minimum absolute atomic E-state index is 0.0689. The highest BCUT2D eigenvalue weighted by Crippen LogP contribution is 2.38. The zero-order chi connectivity index (χ0) is 29.5. The van der Waals surface area contributed by atoms with Crippen LogP contribution in [0.3, 0.4) is 0 Å². The summed E-state index contributed by atoms with van der Waals surface area (Å²) in [4.78, 5) is 45.9. The first kappa shape index (κ1) is 28.0. The molecular weight excluding hydrogens is 544 g/mol. The second kappa shape index (κ2) is 11.7. The van der Waals surface area contributed by atoms with Gasteiger partial charge in [-0.2, -0.15) is 0 Å². The Morgan fingerprint density at radius 2 is 1.91 bits per heavy atom. The molecule has 2 saturated heterocycles. The number of fused-ring (bicyclic) bond motifs is 2. The van der Waals surface area contributed by atoms with Crippen LogP contribution in [0.2, 0.25) is 0 Å². The number of aromatic nitrogens is 1. The van der Waals surface area contributed by atoms with E-state index in [2.05, 4.69) is 40.5 Å². The number of methoxy groups -OCH3 is 1. The molecule has 0 bridgehead atoms. The molecule has 0 spiro atoms. The van der Waals surface area contributed by atoms with Crippen LogP contribution in [0.4, 0.5) is 0 Å². The van der Waals surface area contributed by atoms with Crippen LogP contribution in [-0.4, -0.2) is 71.5 Å². The predicted molar refractivity (Wildman–Crippen MR) is 160 cm³/mol. The van der Waals surface area contributed by atoms with E-state index in [-0.39, 0.29) is 24.3 Å². The second-order valence-electron chi connectivity index (χ2n) is 12.6. The monoisotopic (exact) mass is 582 g/mol. The molecule has 2 unspecified atom stereocenters. The molecule has 7 rings (SSSR count). The highest BCUT2D eigenvalue weighted by Gasteiger charge is 2.39. The van der Waals surface area contributed by atoms with Gasteiger partial charge < -0.3 is 14.4 Å². The average molecular weight is 583 g/mol. The molecule has 224 valence electrons. The Kier molecular flexibility index (Phi) is 7.61. The van der Waals surface area contributed by atoms with Gasteiger partial charge in [0.05, 0.1) is 5.52 Å². The molecule has 9 nitrogen and oxygen atoms in total. The van der Waals surface area contributed by atoms with Crippen molar-refractivity contribution in [3.63, 3.8) is 0 Å². The molecule has 3 amide bonds. The van der Waals surface area contributed by atoms with E-state index in [0.717, 1.165) is 55.9 Å². The van der Waals surface area contributed by atoms with Crippen molar-refractivity contribution in [3.8, 4) is 5.75 Å². The van der Waals surface area contributed by atoms with Gasteiger partial charge in [-0.3, -0.25) is 29.6 Å². The number of nitrogens with zero attached hydrogens (tertiary/aromatic N) is 3. The van der Waals surface area contributed by atoms with Crippen LogP contribution in [0.25, 0.3) is 10.9 Å². The lowest BCUT2D eigenvalue weighted by molar-refractivity contribution is -0.136. The van der Waals surface area contributed by atoms with Gasteiger partial charge in [-0.05, 0) is 85.5 Å². The fraction of sp³-hybridized carbons (Fsp3) is 0.471. The molecule has 1 aromatic heterocycles.